The molecule has 20 heavy (non-hydrogen) atoms. The topological polar surface area (TPSA) is 86.7 Å². The van der Waals surface area contributed by atoms with Crippen LogP contribution in [-0.2, 0) is 28.7 Å². The largest absolute Gasteiger partial charge is 0.393 e. The summed E-state index contributed by atoms with van der Waals surface area (Å²) in [5, 5.41) is 0. The number of fused-ring (bicyclic) bond motifs is 1. The van der Waals surface area contributed by atoms with Crippen molar-refractivity contribution in [3.05, 3.63) is 0 Å². The Morgan fingerprint density at radius 3 is 2.30 bits per heavy atom. The lowest BCUT2D eigenvalue weighted by atomic mass is 9.76. The zero-order valence-corrected chi connectivity index (χ0v) is 11.6. The molecule has 2 fully saturated rings. The summed E-state index contributed by atoms with van der Waals surface area (Å²) < 4.78 is 9.45. The fourth-order valence-corrected chi connectivity index (χ4v) is 3.07. The smallest absolute Gasteiger partial charge is 0.317 e. The summed E-state index contributed by atoms with van der Waals surface area (Å²) in [6, 6.07) is 0. The van der Waals surface area contributed by atoms with Crippen LogP contribution >= 0.6 is 0 Å². The molecule has 0 saturated carbocycles. The lowest BCUT2D eigenvalue weighted by Crippen LogP contribution is -2.32. The van der Waals surface area contributed by atoms with E-state index in [1.165, 1.54) is 0 Å². The predicted octanol–water partition coefficient (Wildman–Crippen LogP) is 1.22. The third-order valence-corrected chi connectivity index (χ3v) is 4.07. The number of carbonyl (C=O) groups excluding carboxylic acids is 4. The molecule has 2 heterocycles. The molecule has 0 bridgehead atoms. The standard InChI is InChI=1S/C14H18O6/c1-3-8-6-11(16)19-10(15)5-7(2)4-9-12(8)14(18)20-13(9)17/h7-9,12H,3-6H2,1-2H3. The Morgan fingerprint density at radius 1 is 1.00 bits per heavy atom. The van der Waals surface area contributed by atoms with Crippen LogP contribution in [-0.4, -0.2) is 23.9 Å². The molecule has 0 aromatic rings. The Bertz CT molecular complexity index is 455. The van der Waals surface area contributed by atoms with Crippen LogP contribution in [0.2, 0.25) is 0 Å². The van der Waals surface area contributed by atoms with Crippen molar-refractivity contribution in [2.75, 3.05) is 0 Å². The van der Waals surface area contributed by atoms with Gasteiger partial charge in [0.25, 0.3) is 0 Å². The van der Waals surface area contributed by atoms with Crippen molar-refractivity contribution in [1.29, 1.82) is 0 Å². The number of carbonyl (C=O) groups is 4. The third-order valence-electron chi connectivity index (χ3n) is 4.07. The van der Waals surface area contributed by atoms with Gasteiger partial charge in [0.2, 0.25) is 0 Å². The van der Waals surface area contributed by atoms with Gasteiger partial charge in [-0.2, -0.15) is 0 Å². The fourth-order valence-electron chi connectivity index (χ4n) is 3.07. The molecular formula is C14H18O6. The number of ether oxygens (including phenoxy) is 2. The van der Waals surface area contributed by atoms with Crippen molar-refractivity contribution >= 4 is 23.9 Å². The van der Waals surface area contributed by atoms with Crippen molar-refractivity contribution in [3.8, 4) is 0 Å². The Balaban J connectivity index is 2.30. The number of rotatable bonds is 1. The van der Waals surface area contributed by atoms with Crippen LogP contribution in [0.25, 0.3) is 0 Å². The Labute approximate surface area is 116 Å². The van der Waals surface area contributed by atoms with E-state index in [-0.39, 0.29) is 24.7 Å². The molecule has 6 heteroatoms. The van der Waals surface area contributed by atoms with Crippen LogP contribution in [0.3, 0.4) is 0 Å². The summed E-state index contributed by atoms with van der Waals surface area (Å²) in [5.74, 6) is -3.93. The zero-order chi connectivity index (χ0) is 14.9. The van der Waals surface area contributed by atoms with Crippen LogP contribution in [0.15, 0.2) is 0 Å². The van der Waals surface area contributed by atoms with E-state index in [1.807, 2.05) is 6.92 Å². The van der Waals surface area contributed by atoms with E-state index in [2.05, 4.69) is 0 Å². The first-order valence-electron chi connectivity index (χ1n) is 6.91. The summed E-state index contributed by atoms with van der Waals surface area (Å²) in [4.78, 5) is 46.9. The Hall–Kier alpha value is -1.72. The van der Waals surface area contributed by atoms with Gasteiger partial charge in [0.1, 0.15) is 0 Å². The Morgan fingerprint density at radius 2 is 1.65 bits per heavy atom. The van der Waals surface area contributed by atoms with Crippen molar-refractivity contribution in [2.24, 2.45) is 23.7 Å². The lowest BCUT2D eigenvalue weighted by molar-refractivity contribution is -0.162. The predicted molar refractivity (Wildman–Crippen MR) is 66.0 cm³/mol. The summed E-state index contributed by atoms with van der Waals surface area (Å²) in [5.41, 5.74) is 0. The minimum Gasteiger partial charge on any atom is -0.393 e. The van der Waals surface area contributed by atoms with Gasteiger partial charge in [-0.15, -0.1) is 0 Å². The van der Waals surface area contributed by atoms with E-state index in [9.17, 15) is 19.2 Å². The molecule has 0 aliphatic carbocycles. The van der Waals surface area contributed by atoms with E-state index >= 15 is 0 Å². The van der Waals surface area contributed by atoms with Crippen molar-refractivity contribution in [1.82, 2.24) is 0 Å². The average molecular weight is 282 g/mol. The highest BCUT2D eigenvalue weighted by atomic mass is 16.6. The molecule has 2 rings (SSSR count). The second-order valence-electron chi connectivity index (χ2n) is 5.64. The van der Waals surface area contributed by atoms with Gasteiger partial charge in [0.15, 0.2) is 0 Å². The molecule has 6 nitrogen and oxygen atoms in total. The van der Waals surface area contributed by atoms with E-state index < -0.39 is 35.7 Å². The molecule has 0 aromatic heterocycles. The van der Waals surface area contributed by atoms with Crippen molar-refractivity contribution < 1.29 is 28.7 Å². The van der Waals surface area contributed by atoms with Gasteiger partial charge in [-0.05, 0) is 18.3 Å². The maximum absolute atomic E-state index is 11.9. The molecule has 0 radical (unpaired) electrons. The number of cyclic esters (lactones) is 4. The molecule has 4 unspecified atom stereocenters. The molecule has 0 aromatic carbocycles. The molecule has 0 amide bonds. The van der Waals surface area contributed by atoms with E-state index in [0.717, 1.165) is 0 Å². The summed E-state index contributed by atoms with van der Waals surface area (Å²) in [7, 11) is 0. The number of esters is 4. The molecule has 4 atom stereocenters. The Kier molecular flexibility index (Phi) is 4.20. The van der Waals surface area contributed by atoms with Crippen LogP contribution in [0.5, 0.6) is 0 Å². The number of hydrogen-bond acceptors (Lipinski definition) is 6. The minimum atomic E-state index is -0.637. The quantitative estimate of drug-likeness (QED) is 0.531. The molecule has 2 aliphatic heterocycles. The maximum atomic E-state index is 11.9. The van der Waals surface area contributed by atoms with Gasteiger partial charge >= 0.3 is 23.9 Å². The molecule has 0 spiro atoms. The summed E-state index contributed by atoms with van der Waals surface area (Å²) in [6.45, 7) is 3.63. The molecular weight excluding hydrogens is 264 g/mol. The van der Waals surface area contributed by atoms with E-state index in [4.69, 9.17) is 9.47 Å². The molecule has 0 N–H and O–H groups in total. The second-order valence-corrected chi connectivity index (χ2v) is 5.64. The lowest BCUT2D eigenvalue weighted by Gasteiger charge is -2.25. The highest BCUT2D eigenvalue weighted by molar-refractivity contribution is 5.97. The van der Waals surface area contributed by atoms with Gasteiger partial charge in [-0.25, -0.2) is 0 Å². The van der Waals surface area contributed by atoms with Crippen LogP contribution < -0.4 is 0 Å². The summed E-state index contributed by atoms with van der Waals surface area (Å²) in [6.07, 6.45) is 0.962. The molecule has 110 valence electrons. The van der Waals surface area contributed by atoms with Gasteiger partial charge in [0.05, 0.1) is 11.8 Å². The van der Waals surface area contributed by atoms with Gasteiger partial charge < -0.3 is 9.47 Å². The van der Waals surface area contributed by atoms with Gasteiger partial charge in [-0.1, -0.05) is 20.3 Å². The first kappa shape index (κ1) is 14.7. The van der Waals surface area contributed by atoms with Crippen LogP contribution in [0, 0.1) is 23.7 Å². The first-order valence-corrected chi connectivity index (χ1v) is 6.91. The van der Waals surface area contributed by atoms with Crippen molar-refractivity contribution in [3.63, 3.8) is 0 Å². The normalized spacial score (nSPS) is 35.3. The SMILES string of the molecule is CCC1CC(=O)OC(=O)CC(C)CC2C(=O)OC(=O)C12. The highest BCUT2D eigenvalue weighted by Gasteiger charge is 2.49. The second kappa shape index (κ2) is 5.73. The number of hydrogen-bond donors (Lipinski definition) is 0. The summed E-state index contributed by atoms with van der Waals surface area (Å²) >= 11 is 0. The van der Waals surface area contributed by atoms with Gasteiger partial charge in [-0.3, -0.25) is 19.2 Å². The zero-order valence-electron chi connectivity index (χ0n) is 11.6. The van der Waals surface area contributed by atoms with Crippen LogP contribution in [0.1, 0.15) is 39.5 Å². The van der Waals surface area contributed by atoms with Crippen LogP contribution in [0.4, 0.5) is 0 Å². The van der Waals surface area contributed by atoms with Crippen molar-refractivity contribution in [2.45, 2.75) is 39.5 Å². The van der Waals surface area contributed by atoms with E-state index in [0.29, 0.717) is 12.8 Å². The average Bonchev–Trinajstić information content (AvgIpc) is 2.60. The maximum Gasteiger partial charge on any atom is 0.317 e. The minimum absolute atomic E-state index is 0.0415. The monoisotopic (exact) mass is 282 g/mol. The molecule has 2 aliphatic rings. The first-order chi connectivity index (χ1) is 9.42. The highest BCUT2D eigenvalue weighted by Crippen LogP contribution is 2.38. The van der Waals surface area contributed by atoms with Gasteiger partial charge in [0, 0.05) is 12.8 Å². The fraction of sp³-hybridized carbons (Fsp3) is 0.714. The third kappa shape index (κ3) is 2.89. The van der Waals surface area contributed by atoms with E-state index in [1.54, 1.807) is 6.92 Å². The molecule has 2 saturated heterocycles.